The van der Waals surface area contributed by atoms with E-state index in [2.05, 4.69) is 20.1 Å². The molecule has 1 aromatic heterocycles. The predicted octanol–water partition coefficient (Wildman–Crippen LogP) is 3.72. The van der Waals surface area contributed by atoms with E-state index in [1.54, 1.807) is 6.07 Å². The summed E-state index contributed by atoms with van der Waals surface area (Å²) in [6.45, 7) is 3.71. The lowest BCUT2D eigenvalue weighted by atomic mass is 10.1. The largest absolute Gasteiger partial charge is 0.314 e. The van der Waals surface area contributed by atoms with Gasteiger partial charge in [-0.15, -0.1) is 22.0 Å². The molecule has 0 unspecified atom stereocenters. The van der Waals surface area contributed by atoms with Crippen LogP contribution in [0.3, 0.4) is 0 Å². The predicted molar refractivity (Wildman–Crippen MR) is 91.0 cm³/mol. The second-order valence-electron chi connectivity index (χ2n) is 5.99. The zero-order valence-corrected chi connectivity index (χ0v) is 14.5. The van der Waals surface area contributed by atoms with E-state index in [1.165, 1.54) is 31.0 Å². The fourth-order valence-electron chi connectivity index (χ4n) is 2.99. The number of hydrogen-bond donors (Lipinski definition) is 1. The molecule has 0 saturated carbocycles. The maximum atomic E-state index is 13.9. The van der Waals surface area contributed by atoms with Gasteiger partial charge in [-0.25, -0.2) is 4.39 Å². The number of nitrogens with one attached hydrogen (secondary N) is 1. The van der Waals surface area contributed by atoms with Crippen LogP contribution >= 0.6 is 11.8 Å². The summed E-state index contributed by atoms with van der Waals surface area (Å²) in [5.74, 6) is 1.93. The van der Waals surface area contributed by atoms with E-state index in [0.29, 0.717) is 11.4 Å². The average molecular weight is 334 g/mol. The number of aromatic nitrogens is 3. The average Bonchev–Trinajstić information content (AvgIpc) is 2.79. The summed E-state index contributed by atoms with van der Waals surface area (Å²) < 4.78 is 16.2. The Labute approximate surface area is 140 Å². The molecule has 1 aliphatic rings. The van der Waals surface area contributed by atoms with Crippen molar-refractivity contribution in [1.29, 1.82) is 0 Å². The van der Waals surface area contributed by atoms with Gasteiger partial charge in [0.05, 0.1) is 6.54 Å². The van der Waals surface area contributed by atoms with Crippen molar-refractivity contribution < 1.29 is 4.39 Å². The van der Waals surface area contributed by atoms with Crippen LogP contribution in [0.15, 0.2) is 23.1 Å². The van der Waals surface area contributed by atoms with Gasteiger partial charge in [0, 0.05) is 23.9 Å². The fraction of sp³-hybridized carbons (Fsp3) is 0.529. The summed E-state index contributed by atoms with van der Waals surface area (Å²) >= 11 is 1.43. The molecule has 0 amide bonds. The summed E-state index contributed by atoms with van der Waals surface area (Å²) in [6, 6.07) is 5.51. The Kier molecular flexibility index (Phi) is 5.33. The molecule has 0 radical (unpaired) electrons. The van der Waals surface area contributed by atoms with Crippen molar-refractivity contribution in [3.8, 4) is 0 Å². The highest BCUT2D eigenvalue weighted by molar-refractivity contribution is 7.98. The molecular formula is C17H23FN4S. The lowest BCUT2D eigenvalue weighted by molar-refractivity contribution is 0.521. The Morgan fingerprint density at radius 2 is 2.17 bits per heavy atom. The minimum atomic E-state index is -0.153. The van der Waals surface area contributed by atoms with E-state index in [-0.39, 0.29) is 11.9 Å². The Morgan fingerprint density at radius 3 is 2.96 bits per heavy atom. The normalized spacial score (nSPS) is 16.0. The summed E-state index contributed by atoms with van der Waals surface area (Å²) in [7, 11) is 0. The third kappa shape index (κ3) is 3.75. The van der Waals surface area contributed by atoms with Gasteiger partial charge >= 0.3 is 0 Å². The van der Waals surface area contributed by atoms with Crippen molar-refractivity contribution in [3.63, 3.8) is 0 Å². The number of benzene rings is 1. The maximum Gasteiger partial charge on any atom is 0.147 e. The molecule has 0 fully saturated rings. The highest BCUT2D eigenvalue weighted by Gasteiger charge is 2.15. The highest BCUT2D eigenvalue weighted by atomic mass is 32.2. The molecule has 4 nitrogen and oxygen atoms in total. The molecule has 6 heteroatoms. The maximum absolute atomic E-state index is 13.9. The highest BCUT2D eigenvalue weighted by Crippen LogP contribution is 2.23. The van der Waals surface area contributed by atoms with Crippen LogP contribution in [0, 0.1) is 5.82 Å². The Balaban J connectivity index is 1.66. The van der Waals surface area contributed by atoms with Crippen LogP contribution in [0.4, 0.5) is 4.39 Å². The van der Waals surface area contributed by atoms with Crippen LogP contribution in [0.25, 0.3) is 0 Å². The summed E-state index contributed by atoms with van der Waals surface area (Å²) in [5.41, 5.74) is 0.955. The third-order valence-electron chi connectivity index (χ3n) is 4.43. The number of nitrogens with zero attached hydrogens (tertiary/aromatic N) is 3. The fourth-order valence-corrected chi connectivity index (χ4v) is 3.45. The van der Waals surface area contributed by atoms with Gasteiger partial charge in [-0.05, 0) is 43.7 Å². The minimum absolute atomic E-state index is 0.0686. The number of thioether (sulfide) groups is 1. The first-order valence-electron chi connectivity index (χ1n) is 8.17. The molecule has 124 valence electrons. The number of aryl methyl sites for hydroxylation is 1. The zero-order chi connectivity index (χ0) is 16.2. The summed E-state index contributed by atoms with van der Waals surface area (Å²) in [6.07, 6.45) is 6.55. The standard InChI is InChI=1S/C17H23FN4S/c1-12(13-7-8-15(23-2)14(18)10-13)19-11-17-21-20-16-6-4-3-5-9-22(16)17/h7-8,10,12,19H,3-6,9,11H2,1-2H3/t12-/m0/s1. The Morgan fingerprint density at radius 1 is 1.30 bits per heavy atom. The number of rotatable bonds is 5. The van der Waals surface area contributed by atoms with Crippen molar-refractivity contribution in [2.75, 3.05) is 6.26 Å². The van der Waals surface area contributed by atoms with Crippen LogP contribution < -0.4 is 5.32 Å². The van der Waals surface area contributed by atoms with Crippen molar-refractivity contribution in [3.05, 3.63) is 41.2 Å². The molecule has 1 aliphatic heterocycles. The molecule has 1 N–H and O–H groups in total. The molecule has 0 aliphatic carbocycles. The lowest BCUT2D eigenvalue weighted by Gasteiger charge is -2.15. The van der Waals surface area contributed by atoms with E-state index in [9.17, 15) is 4.39 Å². The van der Waals surface area contributed by atoms with Gasteiger partial charge in [-0.1, -0.05) is 12.5 Å². The number of halogens is 1. The zero-order valence-electron chi connectivity index (χ0n) is 13.7. The van der Waals surface area contributed by atoms with Crippen molar-refractivity contribution in [1.82, 2.24) is 20.1 Å². The molecule has 1 aromatic carbocycles. The lowest BCUT2D eigenvalue weighted by Crippen LogP contribution is -2.21. The molecular weight excluding hydrogens is 311 g/mol. The van der Waals surface area contributed by atoms with Gasteiger partial charge in [-0.3, -0.25) is 0 Å². The topological polar surface area (TPSA) is 42.7 Å². The first kappa shape index (κ1) is 16.5. The SMILES string of the molecule is CSc1ccc([C@H](C)NCc2nnc3n2CCCCC3)cc1F. The van der Waals surface area contributed by atoms with Crippen LogP contribution in [0.5, 0.6) is 0 Å². The Hall–Kier alpha value is -1.40. The molecule has 0 saturated heterocycles. The van der Waals surface area contributed by atoms with E-state index in [0.717, 1.165) is 30.2 Å². The number of hydrogen-bond acceptors (Lipinski definition) is 4. The first-order valence-corrected chi connectivity index (χ1v) is 9.39. The van der Waals surface area contributed by atoms with Crippen LogP contribution in [-0.4, -0.2) is 21.0 Å². The monoisotopic (exact) mass is 334 g/mol. The molecule has 23 heavy (non-hydrogen) atoms. The van der Waals surface area contributed by atoms with Crippen molar-refractivity contribution >= 4 is 11.8 Å². The molecule has 2 heterocycles. The first-order chi connectivity index (χ1) is 11.2. The summed E-state index contributed by atoms with van der Waals surface area (Å²) in [4.78, 5) is 0.684. The molecule has 0 bridgehead atoms. The van der Waals surface area contributed by atoms with Crippen LogP contribution in [-0.2, 0) is 19.5 Å². The minimum Gasteiger partial charge on any atom is -0.314 e. The van der Waals surface area contributed by atoms with Crippen LogP contribution in [0.1, 0.15) is 49.4 Å². The Bertz CT molecular complexity index is 671. The second-order valence-corrected chi connectivity index (χ2v) is 6.84. The van der Waals surface area contributed by atoms with Crippen LogP contribution in [0.2, 0.25) is 0 Å². The van der Waals surface area contributed by atoms with Gasteiger partial charge < -0.3 is 9.88 Å². The molecule has 0 spiro atoms. The van der Waals surface area contributed by atoms with Gasteiger partial charge in [-0.2, -0.15) is 0 Å². The van der Waals surface area contributed by atoms with Crippen molar-refractivity contribution in [2.45, 2.75) is 56.6 Å². The second kappa shape index (κ2) is 7.45. The van der Waals surface area contributed by atoms with E-state index >= 15 is 0 Å². The molecule has 3 rings (SSSR count). The summed E-state index contributed by atoms with van der Waals surface area (Å²) in [5, 5.41) is 12.1. The third-order valence-corrected chi connectivity index (χ3v) is 5.20. The smallest absolute Gasteiger partial charge is 0.147 e. The van der Waals surface area contributed by atoms with E-state index in [1.807, 2.05) is 25.3 Å². The molecule has 2 aromatic rings. The molecule has 1 atom stereocenters. The van der Waals surface area contributed by atoms with Gasteiger partial charge in [0.2, 0.25) is 0 Å². The van der Waals surface area contributed by atoms with E-state index in [4.69, 9.17) is 0 Å². The van der Waals surface area contributed by atoms with Gasteiger partial charge in [0.1, 0.15) is 17.5 Å². The van der Waals surface area contributed by atoms with Crippen molar-refractivity contribution in [2.24, 2.45) is 0 Å². The van der Waals surface area contributed by atoms with Gasteiger partial charge in [0.15, 0.2) is 0 Å². The number of fused-ring (bicyclic) bond motifs is 1. The van der Waals surface area contributed by atoms with Gasteiger partial charge in [0.25, 0.3) is 0 Å². The quantitative estimate of drug-likeness (QED) is 0.847. The van der Waals surface area contributed by atoms with E-state index < -0.39 is 0 Å².